The molecule has 0 atom stereocenters. The quantitative estimate of drug-likeness (QED) is 0.668. The van der Waals surface area contributed by atoms with Gasteiger partial charge in [-0.15, -0.1) is 0 Å². The van der Waals surface area contributed by atoms with Gasteiger partial charge >= 0.3 is 0 Å². The van der Waals surface area contributed by atoms with Crippen LogP contribution >= 0.6 is 11.6 Å². The molecule has 112 valence electrons. The predicted octanol–water partition coefficient (Wildman–Crippen LogP) is 2.70. The molecule has 0 aliphatic heterocycles. The molecule has 0 fully saturated rings. The molecular weight excluding hydrogens is 324 g/mol. The summed E-state index contributed by atoms with van der Waals surface area (Å²) in [5.74, 6) is -2.40. The second-order valence-corrected chi connectivity index (χ2v) is 6.18. The minimum Gasteiger partial charge on any atom is -0.394 e. The molecule has 1 heterocycles. The Balaban J connectivity index is 2.52. The minimum absolute atomic E-state index is 0.0152. The Hall–Kier alpha value is -1.93. The van der Waals surface area contributed by atoms with E-state index in [1.165, 1.54) is 12.3 Å². The fraction of sp³-hybridized carbons (Fsp3) is 0.0833. The highest BCUT2D eigenvalue weighted by Crippen LogP contribution is 2.28. The molecule has 0 bridgehead atoms. The number of aromatic nitrogens is 1. The Morgan fingerprint density at radius 1 is 1.29 bits per heavy atom. The van der Waals surface area contributed by atoms with Crippen molar-refractivity contribution in [3.63, 3.8) is 0 Å². The summed E-state index contributed by atoms with van der Waals surface area (Å²) in [5.41, 5.74) is 4.79. The van der Waals surface area contributed by atoms with Crippen LogP contribution in [0.15, 0.2) is 29.3 Å². The molecule has 0 amide bonds. The average molecular weight is 334 g/mol. The number of nitrogens with two attached hydrogens (primary N) is 1. The van der Waals surface area contributed by atoms with Crippen molar-refractivity contribution in [3.8, 4) is 0 Å². The number of sulfonamides is 1. The van der Waals surface area contributed by atoms with Crippen molar-refractivity contribution in [2.75, 3.05) is 10.5 Å². The third-order valence-electron chi connectivity index (χ3n) is 2.73. The molecule has 2 aromatic rings. The Bertz CT molecular complexity index is 792. The van der Waals surface area contributed by atoms with Gasteiger partial charge < -0.3 is 5.73 Å². The second kappa shape index (κ2) is 5.45. The van der Waals surface area contributed by atoms with Gasteiger partial charge in [-0.2, -0.15) is 0 Å². The van der Waals surface area contributed by atoms with Gasteiger partial charge in [0, 0.05) is 6.20 Å². The zero-order chi connectivity index (χ0) is 15.8. The molecule has 2 rings (SSSR count). The van der Waals surface area contributed by atoms with Gasteiger partial charge in [0.2, 0.25) is 0 Å². The first-order valence-corrected chi connectivity index (χ1v) is 7.47. The van der Waals surface area contributed by atoms with Crippen LogP contribution in [0.1, 0.15) is 5.56 Å². The molecule has 1 aromatic heterocycles. The lowest BCUT2D eigenvalue weighted by Crippen LogP contribution is -2.17. The van der Waals surface area contributed by atoms with Gasteiger partial charge in [-0.3, -0.25) is 4.72 Å². The third-order valence-corrected chi connectivity index (χ3v) is 4.38. The smallest absolute Gasteiger partial charge is 0.265 e. The Morgan fingerprint density at radius 3 is 2.57 bits per heavy atom. The van der Waals surface area contributed by atoms with Crippen LogP contribution in [-0.4, -0.2) is 13.4 Å². The number of pyridine rings is 1. The van der Waals surface area contributed by atoms with Crippen LogP contribution in [0, 0.1) is 18.6 Å². The summed E-state index contributed by atoms with van der Waals surface area (Å²) in [6.07, 6.45) is 1.39. The molecule has 0 aliphatic rings. The van der Waals surface area contributed by atoms with E-state index in [0.29, 0.717) is 5.56 Å². The van der Waals surface area contributed by atoms with Crippen LogP contribution in [-0.2, 0) is 10.0 Å². The number of rotatable bonds is 3. The van der Waals surface area contributed by atoms with Crippen LogP contribution in [0.5, 0.6) is 0 Å². The molecule has 0 unspecified atom stereocenters. The van der Waals surface area contributed by atoms with E-state index in [-0.39, 0.29) is 10.8 Å². The van der Waals surface area contributed by atoms with Crippen LogP contribution in [0.25, 0.3) is 0 Å². The number of nitrogen functional groups attached to an aromatic ring is 1. The van der Waals surface area contributed by atoms with Crippen LogP contribution in [0.4, 0.5) is 20.2 Å². The summed E-state index contributed by atoms with van der Waals surface area (Å²) in [6, 6.07) is 3.08. The Kier molecular flexibility index (Phi) is 4.02. The number of hydrogen-bond acceptors (Lipinski definition) is 4. The van der Waals surface area contributed by atoms with E-state index < -0.39 is 32.2 Å². The normalized spacial score (nSPS) is 11.4. The van der Waals surface area contributed by atoms with E-state index >= 15 is 0 Å². The second-order valence-electron chi connectivity index (χ2n) is 4.17. The van der Waals surface area contributed by atoms with Crippen LogP contribution < -0.4 is 10.5 Å². The van der Waals surface area contributed by atoms with Gasteiger partial charge in [0.1, 0.15) is 16.4 Å². The van der Waals surface area contributed by atoms with E-state index in [0.717, 1.165) is 12.1 Å². The third kappa shape index (κ3) is 2.91. The molecule has 5 nitrogen and oxygen atoms in total. The molecule has 0 radical (unpaired) electrons. The van der Waals surface area contributed by atoms with Gasteiger partial charge in [-0.05, 0) is 30.7 Å². The number of aryl methyl sites for hydroxylation is 1. The van der Waals surface area contributed by atoms with Gasteiger partial charge in [0.15, 0.2) is 11.0 Å². The fourth-order valence-corrected chi connectivity index (χ4v) is 3.13. The molecule has 3 N–H and O–H groups in total. The van der Waals surface area contributed by atoms with E-state index in [4.69, 9.17) is 17.3 Å². The highest BCUT2D eigenvalue weighted by Gasteiger charge is 2.24. The number of benzene rings is 1. The molecule has 9 heteroatoms. The first-order valence-electron chi connectivity index (χ1n) is 5.61. The summed E-state index contributed by atoms with van der Waals surface area (Å²) < 4.78 is 53.4. The van der Waals surface area contributed by atoms with E-state index in [2.05, 4.69) is 9.71 Å². The summed E-state index contributed by atoms with van der Waals surface area (Å²) >= 11 is 5.80. The van der Waals surface area contributed by atoms with Gasteiger partial charge in [-0.1, -0.05) is 11.6 Å². The molecule has 0 spiro atoms. The molecule has 0 aliphatic carbocycles. The first-order chi connectivity index (χ1) is 9.74. The average Bonchev–Trinajstić information content (AvgIpc) is 2.40. The van der Waals surface area contributed by atoms with Crippen molar-refractivity contribution >= 4 is 33.0 Å². The van der Waals surface area contributed by atoms with Gasteiger partial charge in [0.05, 0.1) is 5.69 Å². The van der Waals surface area contributed by atoms with Gasteiger partial charge in [0.25, 0.3) is 10.0 Å². The lowest BCUT2D eigenvalue weighted by molar-refractivity contribution is 0.557. The monoisotopic (exact) mass is 333 g/mol. The van der Waals surface area contributed by atoms with Gasteiger partial charge in [-0.25, -0.2) is 22.2 Å². The number of halogens is 3. The maximum Gasteiger partial charge on any atom is 0.265 e. The molecule has 0 saturated carbocycles. The Labute approximate surface area is 124 Å². The Morgan fingerprint density at radius 2 is 1.95 bits per heavy atom. The minimum atomic E-state index is -4.32. The van der Waals surface area contributed by atoms with Crippen molar-refractivity contribution in [2.45, 2.75) is 11.8 Å². The lowest BCUT2D eigenvalue weighted by Gasteiger charge is -2.12. The SMILES string of the molecule is Cc1ccnc(Cl)c1NS(=O)(=O)c1ccc(F)c(N)c1F. The summed E-state index contributed by atoms with van der Waals surface area (Å²) in [7, 11) is -4.32. The summed E-state index contributed by atoms with van der Waals surface area (Å²) in [4.78, 5) is 2.95. The van der Waals surface area contributed by atoms with E-state index in [1.54, 1.807) is 6.92 Å². The highest BCUT2D eigenvalue weighted by atomic mass is 35.5. The summed E-state index contributed by atoms with van der Waals surface area (Å²) in [5, 5.41) is -0.0888. The number of anilines is 2. The van der Waals surface area contributed by atoms with Crippen molar-refractivity contribution < 1.29 is 17.2 Å². The lowest BCUT2D eigenvalue weighted by atomic mass is 10.3. The predicted molar refractivity (Wildman–Crippen MR) is 75.6 cm³/mol. The standard InChI is InChI=1S/C12H10ClF2N3O2S/c1-6-4-5-17-12(13)11(6)18-21(19,20)8-3-2-7(14)10(16)9(8)15/h2-5,18H,16H2,1H3. The zero-order valence-electron chi connectivity index (χ0n) is 10.7. The van der Waals surface area contributed by atoms with Crippen LogP contribution in [0.2, 0.25) is 5.15 Å². The fourth-order valence-electron chi connectivity index (χ4n) is 1.59. The van der Waals surface area contributed by atoms with Crippen molar-refractivity contribution in [1.29, 1.82) is 0 Å². The van der Waals surface area contributed by atoms with E-state index in [1.807, 2.05) is 0 Å². The topological polar surface area (TPSA) is 85.1 Å². The molecule has 0 saturated heterocycles. The first kappa shape index (κ1) is 15.5. The van der Waals surface area contributed by atoms with Crippen molar-refractivity contribution in [2.24, 2.45) is 0 Å². The maximum absolute atomic E-state index is 13.8. The highest BCUT2D eigenvalue weighted by molar-refractivity contribution is 7.92. The molecule has 1 aromatic carbocycles. The number of nitrogens with zero attached hydrogens (tertiary/aromatic N) is 1. The largest absolute Gasteiger partial charge is 0.394 e. The molecule has 21 heavy (non-hydrogen) atoms. The van der Waals surface area contributed by atoms with E-state index in [9.17, 15) is 17.2 Å². The van der Waals surface area contributed by atoms with Crippen molar-refractivity contribution in [3.05, 3.63) is 46.7 Å². The maximum atomic E-state index is 13.8. The zero-order valence-corrected chi connectivity index (χ0v) is 12.3. The van der Waals surface area contributed by atoms with Crippen LogP contribution in [0.3, 0.4) is 0 Å². The number of nitrogens with one attached hydrogen (secondary N) is 1. The summed E-state index contributed by atoms with van der Waals surface area (Å²) in [6.45, 7) is 1.60. The van der Waals surface area contributed by atoms with Crippen molar-refractivity contribution in [1.82, 2.24) is 4.98 Å². The molecular formula is C12H10ClF2N3O2S. The number of hydrogen-bond donors (Lipinski definition) is 2.